The molecule has 1 atom stereocenters. The van der Waals surface area contributed by atoms with E-state index in [0.717, 1.165) is 23.1 Å². The van der Waals surface area contributed by atoms with E-state index < -0.39 is 0 Å². The summed E-state index contributed by atoms with van der Waals surface area (Å²) in [7, 11) is 0. The van der Waals surface area contributed by atoms with Crippen LogP contribution in [0.15, 0.2) is 71.6 Å². The summed E-state index contributed by atoms with van der Waals surface area (Å²) < 4.78 is 17.3. The molecule has 7 heteroatoms. The lowest BCUT2D eigenvalue weighted by Gasteiger charge is -2.24. The molecule has 0 spiro atoms. The number of pyridine rings is 2. The minimum absolute atomic E-state index is 0.116. The van der Waals surface area contributed by atoms with E-state index >= 15 is 0 Å². The summed E-state index contributed by atoms with van der Waals surface area (Å²) in [6.45, 7) is 4.11. The second-order valence-corrected chi connectivity index (χ2v) is 8.24. The number of carbonyl (C=O) groups excluding carboxylic acids is 1. The van der Waals surface area contributed by atoms with Crippen molar-refractivity contribution in [2.24, 2.45) is 5.92 Å². The van der Waals surface area contributed by atoms with E-state index in [1.807, 2.05) is 42.2 Å². The topological polar surface area (TPSA) is 77.7 Å². The zero-order valence-corrected chi connectivity index (χ0v) is 18.4. The predicted molar refractivity (Wildman–Crippen MR) is 123 cm³/mol. The van der Waals surface area contributed by atoms with Gasteiger partial charge in [0.05, 0.1) is 25.7 Å². The summed E-state index contributed by atoms with van der Waals surface area (Å²) in [5, 5.41) is 1.11. The van der Waals surface area contributed by atoms with Crippen LogP contribution in [0.25, 0.3) is 11.0 Å². The molecule has 5 rings (SSSR count). The normalized spacial score (nSPS) is 16.5. The Morgan fingerprint density at radius 2 is 2.09 bits per heavy atom. The van der Waals surface area contributed by atoms with E-state index in [-0.39, 0.29) is 17.7 Å². The van der Waals surface area contributed by atoms with E-state index in [9.17, 15) is 4.79 Å². The molecule has 33 heavy (non-hydrogen) atoms. The molecule has 7 nitrogen and oxygen atoms in total. The fourth-order valence-corrected chi connectivity index (χ4v) is 4.17. The largest absolute Gasteiger partial charge is 0.464 e. The predicted octanol–water partition coefficient (Wildman–Crippen LogP) is 4.65. The third-order valence-electron chi connectivity index (χ3n) is 5.82. The van der Waals surface area contributed by atoms with Crippen LogP contribution in [0.5, 0.6) is 11.6 Å². The molecule has 4 aromatic rings. The van der Waals surface area contributed by atoms with Gasteiger partial charge >= 0.3 is 0 Å². The number of carbonyl (C=O) groups is 1. The van der Waals surface area contributed by atoms with E-state index in [4.69, 9.17) is 13.9 Å². The van der Waals surface area contributed by atoms with Crippen molar-refractivity contribution in [1.29, 1.82) is 0 Å². The minimum Gasteiger partial charge on any atom is -0.464 e. The van der Waals surface area contributed by atoms with Gasteiger partial charge in [0, 0.05) is 36.3 Å². The van der Waals surface area contributed by atoms with Gasteiger partial charge in [-0.05, 0) is 55.3 Å². The number of benzene rings is 1. The molecular weight excluding hydrogens is 418 g/mol. The third kappa shape index (κ3) is 4.73. The van der Waals surface area contributed by atoms with E-state index in [1.165, 1.54) is 5.56 Å². The van der Waals surface area contributed by atoms with Gasteiger partial charge in [-0.25, -0.2) is 4.98 Å². The summed E-state index contributed by atoms with van der Waals surface area (Å²) in [5.41, 5.74) is 3.39. The average molecular weight is 444 g/mol. The van der Waals surface area contributed by atoms with Gasteiger partial charge in [-0.15, -0.1) is 0 Å². The second kappa shape index (κ2) is 9.42. The van der Waals surface area contributed by atoms with Crippen molar-refractivity contribution in [3.05, 3.63) is 84.0 Å². The Kier molecular flexibility index (Phi) is 6.04. The van der Waals surface area contributed by atoms with Crippen LogP contribution in [0.1, 0.15) is 21.6 Å². The van der Waals surface area contributed by atoms with Crippen LogP contribution in [0.4, 0.5) is 0 Å². The number of amides is 1. The van der Waals surface area contributed by atoms with E-state index in [1.54, 1.807) is 30.8 Å². The van der Waals surface area contributed by atoms with E-state index in [0.29, 0.717) is 37.6 Å². The molecule has 0 bridgehead atoms. The monoisotopic (exact) mass is 443 g/mol. The molecule has 1 saturated heterocycles. The second-order valence-electron chi connectivity index (χ2n) is 8.24. The van der Waals surface area contributed by atoms with Gasteiger partial charge in [0.15, 0.2) is 0 Å². The van der Waals surface area contributed by atoms with Crippen molar-refractivity contribution in [1.82, 2.24) is 14.9 Å². The first-order valence-corrected chi connectivity index (χ1v) is 11.0. The Balaban J connectivity index is 1.35. The molecule has 1 fully saturated rings. The lowest BCUT2D eigenvalue weighted by Crippen LogP contribution is -2.36. The molecule has 4 heterocycles. The van der Waals surface area contributed by atoms with Gasteiger partial charge in [0.25, 0.3) is 5.91 Å². The van der Waals surface area contributed by atoms with Crippen molar-refractivity contribution in [2.75, 3.05) is 26.3 Å². The molecule has 0 unspecified atom stereocenters. The van der Waals surface area contributed by atoms with Crippen LogP contribution < -0.4 is 4.74 Å². The lowest BCUT2D eigenvalue weighted by molar-refractivity contribution is 0.0734. The van der Waals surface area contributed by atoms with Crippen molar-refractivity contribution < 1.29 is 18.7 Å². The maximum absolute atomic E-state index is 13.5. The van der Waals surface area contributed by atoms with Gasteiger partial charge in [0.2, 0.25) is 5.88 Å². The zero-order valence-electron chi connectivity index (χ0n) is 18.4. The van der Waals surface area contributed by atoms with Crippen molar-refractivity contribution >= 4 is 16.9 Å². The molecule has 0 saturated carbocycles. The van der Waals surface area contributed by atoms with Gasteiger partial charge < -0.3 is 18.8 Å². The molecule has 0 N–H and O–H groups in total. The number of hydrogen-bond acceptors (Lipinski definition) is 6. The number of ether oxygens (including phenoxy) is 2. The highest BCUT2D eigenvalue weighted by atomic mass is 16.5. The Morgan fingerprint density at radius 3 is 2.97 bits per heavy atom. The maximum Gasteiger partial charge on any atom is 0.259 e. The Morgan fingerprint density at radius 1 is 1.15 bits per heavy atom. The third-order valence-corrected chi connectivity index (χ3v) is 5.82. The van der Waals surface area contributed by atoms with Gasteiger partial charge in [-0.1, -0.05) is 12.1 Å². The first-order valence-electron chi connectivity index (χ1n) is 11.0. The Hall–Kier alpha value is -3.71. The quantitative estimate of drug-likeness (QED) is 0.447. The molecule has 168 valence electrons. The van der Waals surface area contributed by atoms with Crippen molar-refractivity contribution in [3.8, 4) is 11.6 Å². The maximum atomic E-state index is 13.5. The standard InChI is InChI=1S/C26H25N3O4/c1-18-7-8-21(15-28-18)33-25-23(5-3-10-27-25)26(30)29-11-13-31-17-19(16-29)14-20-4-2-6-24-22(20)9-12-32-24/h2-10,12,15,19H,11,13-14,16-17H2,1H3/t19-/m0/s1. The van der Waals surface area contributed by atoms with Crippen LogP contribution >= 0.6 is 0 Å². The van der Waals surface area contributed by atoms with Gasteiger partial charge in [-0.3, -0.25) is 9.78 Å². The number of fused-ring (bicyclic) bond motifs is 1. The fourth-order valence-electron chi connectivity index (χ4n) is 4.17. The highest BCUT2D eigenvalue weighted by molar-refractivity contribution is 5.96. The smallest absolute Gasteiger partial charge is 0.259 e. The summed E-state index contributed by atoms with van der Waals surface area (Å²) in [4.78, 5) is 23.9. The molecule has 0 aliphatic carbocycles. The van der Waals surface area contributed by atoms with Crippen LogP contribution in [-0.4, -0.2) is 47.1 Å². The van der Waals surface area contributed by atoms with Gasteiger partial charge in [0.1, 0.15) is 16.9 Å². The van der Waals surface area contributed by atoms with E-state index in [2.05, 4.69) is 16.0 Å². The molecule has 1 aromatic carbocycles. The minimum atomic E-state index is -0.116. The lowest BCUT2D eigenvalue weighted by atomic mass is 9.97. The van der Waals surface area contributed by atoms with Crippen molar-refractivity contribution in [3.63, 3.8) is 0 Å². The van der Waals surface area contributed by atoms with Crippen LogP contribution in [0.3, 0.4) is 0 Å². The number of hydrogen-bond donors (Lipinski definition) is 0. The molecule has 1 aliphatic heterocycles. The fraction of sp³-hybridized carbons (Fsp3) is 0.269. The SMILES string of the molecule is Cc1ccc(Oc2ncccc2C(=O)N2CCOC[C@@H](Cc3cccc4occc34)C2)cn1. The summed E-state index contributed by atoms with van der Waals surface area (Å²) in [6, 6.07) is 15.2. The zero-order chi connectivity index (χ0) is 22.6. The first kappa shape index (κ1) is 21.2. The average Bonchev–Trinajstić information content (AvgIpc) is 3.20. The Labute approximate surface area is 192 Å². The number of aryl methyl sites for hydroxylation is 1. The molecule has 3 aromatic heterocycles. The molecular formula is C26H25N3O4. The summed E-state index contributed by atoms with van der Waals surface area (Å²) in [5.74, 6) is 0.867. The van der Waals surface area contributed by atoms with Crippen LogP contribution in [-0.2, 0) is 11.2 Å². The summed E-state index contributed by atoms with van der Waals surface area (Å²) >= 11 is 0. The van der Waals surface area contributed by atoms with Crippen molar-refractivity contribution in [2.45, 2.75) is 13.3 Å². The van der Waals surface area contributed by atoms with Crippen LogP contribution in [0, 0.1) is 12.8 Å². The number of aromatic nitrogens is 2. The van der Waals surface area contributed by atoms with Gasteiger partial charge in [-0.2, -0.15) is 0 Å². The van der Waals surface area contributed by atoms with Crippen LogP contribution in [0.2, 0.25) is 0 Å². The number of nitrogens with zero attached hydrogens (tertiary/aromatic N) is 3. The Bertz CT molecular complexity index is 1250. The molecule has 1 amide bonds. The summed E-state index contributed by atoms with van der Waals surface area (Å²) in [6.07, 6.45) is 5.76. The highest BCUT2D eigenvalue weighted by Gasteiger charge is 2.26. The number of rotatable bonds is 5. The highest BCUT2D eigenvalue weighted by Crippen LogP contribution is 2.26. The first-order chi connectivity index (χ1) is 16.2. The molecule has 1 aliphatic rings. The number of furan rings is 1. The molecule has 0 radical (unpaired) electrons.